The highest BCUT2D eigenvalue weighted by molar-refractivity contribution is 9.10. The van der Waals surface area contributed by atoms with Crippen LogP contribution in [-0.2, 0) is 9.59 Å². The van der Waals surface area contributed by atoms with Gasteiger partial charge in [-0.25, -0.2) is 0 Å². The van der Waals surface area contributed by atoms with Gasteiger partial charge in [0.2, 0.25) is 11.8 Å². The summed E-state index contributed by atoms with van der Waals surface area (Å²) in [5.41, 5.74) is 1.08. The van der Waals surface area contributed by atoms with Crippen molar-refractivity contribution in [2.45, 2.75) is 25.7 Å². The second kappa shape index (κ2) is 5.33. The van der Waals surface area contributed by atoms with E-state index >= 15 is 0 Å². The molecule has 2 amide bonds. The fraction of sp³-hybridized carbons (Fsp3) is 0.556. The summed E-state index contributed by atoms with van der Waals surface area (Å²) in [6.07, 6.45) is 4.58. The molecule has 3 aliphatic carbocycles. The van der Waals surface area contributed by atoms with Crippen LogP contribution in [0.3, 0.4) is 0 Å². The summed E-state index contributed by atoms with van der Waals surface area (Å²) in [6, 6.07) is 7.60. The maximum absolute atomic E-state index is 12.9. The summed E-state index contributed by atoms with van der Waals surface area (Å²) >= 11 is 3.40. The van der Waals surface area contributed by atoms with Gasteiger partial charge < -0.3 is 10.6 Å². The lowest BCUT2D eigenvalue weighted by molar-refractivity contribution is -0.134. The van der Waals surface area contributed by atoms with Gasteiger partial charge in [-0.1, -0.05) is 15.9 Å². The molecule has 122 valence electrons. The molecule has 3 saturated carbocycles. The van der Waals surface area contributed by atoms with Gasteiger partial charge in [0, 0.05) is 17.2 Å². The average molecular weight is 377 g/mol. The first-order valence-corrected chi connectivity index (χ1v) is 9.14. The molecule has 5 heteroatoms. The molecule has 1 aromatic rings. The van der Waals surface area contributed by atoms with E-state index in [0.717, 1.165) is 23.0 Å². The molecule has 0 heterocycles. The van der Waals surface area contributed by atoms with E-state index in [1.807, 2.05) is 24.3 Å². The number of halogens is 1. The van der Waals surface area contributed by atoms with E-state index in [9.17, 15) is 9.59 Å². The third kappa shape index (κ3) is 2.24. The quantitative estimate of drug-likeness (QED) is 0.850. The summed E-state index contributed by atoms with van der Waals surface area (Å²) in [6.45, 7) is 0. The molecule has 4 unspecified atom stereocenters. The van der Waals surface area contributed by atoms with Crippen molar-refractivity contribution in [1.29, 1.82) is 0 Å². The minimum Gasteiger partial charge on any atom is -0.359 e. The van der Waals surface area contributed by atoms with Crippen LogP contribution >= 0.6 is 15.9 Å². The van der Waals surface area contributed by atoms with Crippen LogP contribution in [-0.4, -0.2) is 18.9 Å². The van der Waals surface area contributed by atoms with Crippen LogP contribution in [0, 0.1) is 29.1 Å². The van der Waals surface area contributed by atoms with E-state index in [4.69, 9.17) is 0 Å². The van der Waals surface area contributed by atoms with E-state index in [-0.39, 0.29) is 23.7 Å². The van der Waals surface area contributed by atoms with Crippen molar-refractivity contribution >= 4 is 33.4 Å². The average Bonchev–Trinajstić information content (AvgIpc) is 3.22. The van der Waals surface area contributed by atoms with Crippen LogP contribution in [0.5, 0.6) is 0 Å². The number of carbonyl (C=O) groups is 2. The first-order chi connectivity index (χ1) is 11.1. The van der Waals surface area contributed by atoms with E-state index in [0.29, 0.717) is 17.3 Å². The van der Waals surface area contributed by atoms with Crippen molar-refractivity contribution in [2.24, 2.45) is 29.1 Å². The second-order valence-corrected chi connectivity index (χ2v) is 8.10. The van der Waals surface area contributed by atoms with Crippen LogP contribution in [0.15, 0.2) is 28.7 Å². The molecule has 0 saturated heterocycles. The zero-order chi connectivity index (χ0) is 16.2. The number of amides is 2. The number of anilines is 1. The van der Waals surface area contributed by atoms with E-state index in [1.54, 1.807) is 7.05 Å². The van der Waals surface area contributed by atoms with Crippen molar-refractivity contribution in [3.05, 3.63) is 28.7 Å². The number of hydrogen-bond acceptors (Lipinski definition) is 2. The summed E-state index contributed by atoms with van der Waals surface area (Å²) in [7, 11) is 1.68. The van der Waals surface area contributed by atoms with Crippen LogP contribution < -0.4 is 10.6 Å². The summed E-state index contributed by atoms with van der Waals surface area (Å²) in [5.74, 6) is 0.494. The fourth-order valence-corrected chi connectivity index (χ4v) is 5.55. The minimum atomic E-state index is -0.181. The van der Waals surface area contributed by atoms with E-state index < -0.39 is 0 Å². The zero-order valence-electron chi connectivity index (χ0n) is 13.1. The summed E-state index contributed by atoms with van der Waals surface area (Å²) in [5, 5.41) is 5.82. The predicted molar refractivity (Wildman–Crippen MR) is 91.7 cm³/mol. The highest BCUT2D eigenvalue weighted by Gasteiger charge is 2.71. The molecule has 23 heavy (non-hydrogen) atoms. The molecule has 0 aliphatic heterocycles. The lowest BCUT2D eigenvalue weighted by Gasteiger charge is -2.28. The molecule has 3 aliphatic rings. The van der Waals surface area contributed by atoms with Gasteiger partial charge in [0.25, 0.3) is 0 Å². The molecule has 4 nitrogen and oxygen atoms in total. The Kier molecular flexibility index (Phi) is 3.52. The van der Waals surface area contributed by atoms with Crippen LogP contribution in [0.1, 0.15) is 25.7 Å². The number of carbonyl (C=O) groups excluding carboxylic acids is 2. The number of benzene rings is 1. The number of rotatable bonds is 3. The third-order valence-electron chi connectivity index (χ3n) is 6.31. The smallest absolute Gasteiger partial charge is 0.228 e. The lowest BCUT2D eigenvalue weighted by atomic mass is 9.78. The molecule has 4 rings (SSSR count). The normalized spacial score (nSPS) is 32.8. The maximum atomic E-state index is 12.9. The van der Waals surface area contributed by atoms with Gasteiger partial charge in [-0.05, 0) is 67.2 Å². The van der Waals surface area contributed by atoms with Crippen molar-refractivity contribution in [1.82, 2.24) is 5.32 Å². The first kappa shape index (κ1) is 15.2. The molecule has 2 bridgehead atoms. The summed E-state index contributed by atoms with van der Waals surface area (Å²) in [4.78, 5) is 25.4. The van der Waals surface area contributed by atoms with E-state index in [2.05, 4.69) is 26.6 Å². The molecular weight excluding hydrogens is 356 g/mol. The van der Waals surface area contributed by atoms with Gasteiger partial charge in [0.15, 0.2) is 0 Å². The van der Waals surface area contributed by atoms with Gasteiger partial charge in [-0.3, -0.25) is 9.59 Å². The Bertz CT molecular complexity index is 653. The van der Waals surface area contributed by atoms with Gasteiger partial charge >= 0.3 is 0 Å². The minimum absolute atomic E-state index is 0.0133. The molecule has 0 aromatic heterocycles. The Morgan fingerprint density at radius 1 is 1.04 bits per heavy atom. The number of hydrogen-bond donors (Lipinski definition) is 2. The molecule has 4 atom stereocenters. The third-order valence-corrected chi connectivity index (χ3v) is 6.84. The zero-order valence-corrected chi connectivity index (χ0v) is 14.7. The van der Waals surface area contributed by atoms with Gasteiger partial charge in [0.05, 0.1) is 11.8 Å². The van der Waals surface area contributed by atoms with Crippen molar-refractivity contribution < 1.29 is 9.59 Å². The Balaban J connectivity index is 1.59. The fourth-order valence-electron chi connectivity index (χ4n) is 5.29. The Hall–Kier alpha value is -1.36. The predicted octanol–water partition coefficient (Wildman–Crippen LogP) is 3.19. The van der Waals surface area contributed by atoms with Gasteiger partial charge in [-0.2, -0.15) is 0 Å². The molecule has 3 fully saturated rings. The van der Waals surface area contributed by atoms with Crippen LogP contribution in [0.4, 0.5) is 5.69 Å². The Morgan fingerprint density at radius 2 is 1.61 bits per heavy atom. The molecule has 0 radical (unpaired) electrons. The SMILES string of the molecule is CNC(=O)C1C(C(=O)Nc2ccc(Br)cc2)C2CCC1C21CC1. The molecule has 1 spiro atoms. The van der Waals surface area contributed by atoms with Crippen molar-refractivity contribution in [3.63, 3.8) is 0 Å². The Labute approximate surface area is 144 Å². The first-order valence-electron chi connectivity index (χ1n) is 8.35. The van der Waals surface area contributed by atoms with Gasteiger partial charge in [0.1, 0.15) is 0 Å². The van der Waals surface area contributed by atoms with E-state index in [1.165, 1.54) is 12.8 Å². The highest BCUT2D eigenvalue weighted by atomic mass is 79.9. The topological polar surface area (TPSA) is 58.2 Å². The largest absolute Gasteiger partial charge is 0.359 e. The monoisotopic (exact) mass is 376 g/mol. The Morgan fingerprint density at radius 3 is 2.13 bits per heavy atom. The van der Waals surface area contributed by atoms with Crippen LogP contribution in [0.25, 0.3) is 0 Å². The van der Waals surface area contributed by atoms with Crippen molar-refractivity contribution in [2.75, 3.05) is 12.4 Å². The maximum Gasteiger partial charge on any atom is 0.228 e. The molecular formula is C18H21BrN2O2. The molecule has 1 aromatic carbocycles. The molecule has 2 N–H and O–H groups in total. The second-order valence-electron chi connectivity index (χ2n) is 7.19. The van der Waals surface area contributed by atoms with Crippen molar-refractivity contribution in [3.8, 4) is 0 Å². The standard InChI is InChI=1S/C18H21BrN2O2/c1-20-16(22)14-12-6-7-13(18(12)8-9-18)15(14)17(23)21-11-4-2-10(19)3-5-11/h2-5,12-15H,6-9H2,1H3,(H,20,22)(H,21,23). The van der Waals surface area contributed by atoms with Gasteiger partial charge in [-0.15, -0.1) is 0 Å². The lowest BCUT2D eigenvalue weighted by Crippen LogP contribution is -2.42. The summed E-state index contributed by atoms with van der Waals surface area (Å²) < 4.78 is 0.982. The number of nitrogens with one attached hydrogen (secondary N) is 2. The highest BCUT2D eigenvalue weighted by Crippen LogP contribution is 2.74. The van der Waals surface area contributed by atoms with Crippen LogP contribution in [0.2, 0.25) is 0 Å².